The molecule has 3 aromatic rings. The summed E-state index contributed by atoms with van der Waals surface area (Å²) >= 11 is 0. The predicted octanol–water partition coefficient (Wildman–Crippen LogP) is 6.09. The van der Waals surface area contributed by atoms with E-state index in [0.29, 0.717) is 0 Å². The number of hydrogen-bond donors (Lipinski definition) is 1. The Kier molecular flexibility index (Phi) is 3.97. The highest BCUT2D eigenvalue weighted by molar-refractivity contribution is 5.71. The van der Waals surface area contributed by atoms with Crippen LogP contribution in [0.5, 0.6) is 0 Å². The smallest absolute Gasteiger partial charge is 0.274 e. The van der Waals surface area contributed by atoms with E-state index in [2.05, 4.69) is 59.9 Å². The van der Waals surface area contributed by atoms with Gasteiger partial charge in [-0.05, 0) is 41.2 Å². The van der Waals surface area contributed by atoms with Gasteiger partial charge in [-0.25, -0.2) is 0 Å². The van der Waals surface area contributed by atoms with Crippen molar-refractivity contribution >= 4 is 11.4 Å². The zero-order valence-corrected chi connectivity index (χ0v) is 15.3. The Balaban J connectivity index is 1.59. The summed E-state index contributed by atoms with van der Waals surface area (Å²) in [6, 6.07) is 23.9. The molecule has 0 aromatic heterocycles. The van der Waals surface area contributed by atoms with E-state index in [1.165, 1.54) is 16.7 Å². The highest BCUT2D eigenvalue weighted by Crippen LogP contribution is 2.51. The minimum absolute atomic E-state index is 0.0725. The van der Waals surface area contributed by atoms with Crippen molar-refractivity contribution in [3.05, 3.63) is 106 Å². The Labute approximate surface area is 163 Å². The van der Waals surface area contributed by atoms with E-state index >= 15 is 0 Å². The van der Waals surface area contributed by atoms with Gasteiger partial charge in [0.2, 0.25) is 0 Å². The van der Waals surface area contributed by atoms with Gasteiger partial charge >= 0.3 is 0 Å². The van der Waals surface area contributed by atoms with Gasteiger partial charge in [0.25, 0.3) is 5.69 Å². The number of allylic oxidation sites excluding steroid dienone is 2. The minimum Gasteiger partial charge on any atom is -0.377 e. The summed E-state index contributed by atoms with van der Waals surface area (Å²) in [5, 5.41) is 15.2. The first-order valence-electron chi connectivity index (χ1n) is 9.58. The van der Waals surface area contributed by atoms with E-state index in [0.717, 1.165) is 17.7 Å². The Morgan fingerprint density at radius 2 is 1.68 bits per heavy atom. The van der Waals surface area contributed by atoms with Crippen molar-refractivity contribution in [3.63, 3.8) is 0 Å². The molecule has 1 N–H and O–H groups in total. The van der Waals surface area contributed by atoms with E-state index in [9.17, 15) is 10.1 Å². The number of fused-ring (bicyclic) bond motifs is 3. The summed E-state index contributed by atoms with van der Waals surface area (Å²) in [7, 11) is 0. The molecule has 3 aromatic carbocycles. The van der Waals surface area contributed by atoms with E-state index in [-0.39, 0.29) is 28.5 Å². The third-order valence-electron chi connectivity index (χ3n) is 5.94. The monoisotopic (exact) mass is 368 g/mol. The molecule has 0 unspecified atom stereocenters. The minimum atomic E-state index is -0.275. The molecule has 1 heterocycles. The van der Waals surface area contributed by atoms with Gasteiger partial charge in [-0.2, -0.15) is 0 Å². The van der Waals surface area contributed by atoms with E-state index in [1.54, 1.807) is 12.1 Å². The maximum atomic E-state index is 11.6. The van der Waals surface area contributed by atoms with Gasteiger partial charge in [-0.1, -0.05) is 66.7 Å². The van der Waals surface area contributed by atoms with Crippen molar-refractivity contribution in [2.75, 3.05) is 5.32 Å². The van der Waals surface area contributed by atoms with Crippen molar-refractivity contribution in [2.24, 2.45) is 5.92 Å². The summed E-state index contributed by atoms with van der Waals surface area (Å²) in [6.45, 7) is 0. The SMILES string of the molecule is O=[N+]([O-])c1ccccc1[C@@H]1Nc2ccc(-c3ccccc3)cc2[C@H]2C=CC[C@H]21. The van der Waals surface area contributed by atoms with Crippen molar-refractivity contribution in [1.82, 2.24) is 0 Å². The van der Waals surface area contributed by atoms with Crippen LogP contribution >= 0.6 is 0 Å². The van der Waals surface area contributed by atoms with Crippen LogP contribution in [0.25, 0.3) is 11.1 Å². The van der Waals surface area contributed by atoms with Gasteiger partial charge in [0, 0.05) is 17.7 Å². The summed E-state index contributed by atoms with van der Waals surface area (Å²) in [6.07, 6.45) is 5.40. The maximum Gasteiger partial charge on any atom is 0.274 e. The van der Waals surface area contributed by atoms with Crippen LogP contribution in [0.1, 0.15) is 29.5 Å². The number of nitro benzene ring substituents is 1. The topological polar surface area (TPSA) is 55.2 Å². The van der Waals surface area contributed by atoms with Crippen LogP contribution in [0.15, 0.2) is 84.9 Å². The van der Waals surface area contributed by atoms with Crippen molar-refractivity contribution < 1.29 is 4.92 Å². The first-order valence-corrected chi connectivity index (χ1v) is 9.58. The Hall–Kier alpha value is -3.40. The van der Waals surface area contributed by atoms with Gasteiger partial charge in [0.15, 0.2) is 0 Å². The highest BCUT2D eigenvalue weighted by atomic mass is 16.6. The fraction of sp³-hybridized carbons (Fsp3) is 0.167. The summed E-state index contributed by atoms with van der Waals surface area (Å²) in [5.41, 5.74) is 5.69. The average molecular weight is 368 g/mol. The van der Waals surface area contributed by atoms with Gasteiger partial charge in [-0.15, -0.1) is 0 Å². The highest BCUT2D eigenvalue weighted by Gasteiger charge is 2.40. The number of benzene rings is 3. The van der Waals surface area contributed by atoms with Crippen LogP contribution in [0, 0.1) is 16.0 Å². The Morgan fingerprint density at radius 1 is 0.893 bits per heavy atom. The summed E-state index contributed by atoms with van der Waals surface area (Å²) in [5.74, 6) is 0.546. The average Bonchev–Trinajstić information content (AvgIpc) is 3.24. The molecule has 0 spiro atoms. The number of nitro groups is 1. The molecule has 28 heavy (non-hydrogen) atoms. The maximum absolute atomic E-state index is 11.6. The molecule has 1 aliphatic carbocycles. The lowest BCUT2D eigenvalue weighted by Gasteiger charge is -2.37. The van der Waals surface area contributed by atoms with Crippen LogP contribution in [0.4, 0.5) is 11.4 Å². The van der Waals surface area contributed by atoms with Crippen molar-refractivity contribution in [3.8, 4) is 11.1 Å². The van der Waals surface area contributed by atoms with Crippen LogP contribution in [-0.2, 0) is 0 Å². The second kappa shape index (κ2) is 6.64. The molecule has 5 rings (SSSR count). The van der Waals surface area contributed by atoms with Gasteiger partial charge in [-0.3, -0.25) is 10.1 Å². The number of nitrogens with one attached hydrogen (secondary N) is 1. The van der Waals surface area contributed by atoms with Crippen LogP contribution < -0.4 is 5.32 Å². The third kappa shape index (κ3) is 2.69. The molecule has 0 amide bonds. The number of para-hydroxylation sites is 1. The first-order chi connectivity index (χ1) is 13.7. The molecular formula is C24H20N2O2. The number of anilines is 1. The molecule has 3 atom stereocenters. The van der Waals surface area contributed by atoms with Crippen LogP contribution in [0.3, 0.4) is 0 Å². The molecule has 0 radical (unpaired) electrons. The number of nitrogens with zero attached hydrogens (tertiary/aromatic N) is 1. The number of hydrogen-bond acceptors (Lipinski definition) is 3. The molecule has 138 valence electrons. The van der Waals surface area contributed by atoms with E-state index in [1.807, 2.05) is 18.2 Å². The lowest BCUT2D eigenvalue weighted by molar-refractivity contribution is -0.385. The zero-order valence-electron chi connectivity index (χ0n) is 15.3. The molecule has 4 heteroatoms. The quantitative estimate of drug-likeness (QED) is 0.346. The van der Waals surface area contributed by atoms with E-state index < -0.39 is 0 Å². The second-order valence-corrected chi connectivity index (χ2v) is 7.46. The summed E-state index contributed by atoms with van der Waals surface area (Å²) < 4.78 is 0. The standard InChI is InChI=1S/C24H20N2O2/c27-26(28)23-12-5-4-9-20(23)24-19-11-6-10-18(19)21-15-17(13-14-22(21)25-24)16-7-2-1-3-8-16/h1-10,12-15,18-19,24-25H,11H2/t18-,19+,24+/m0/s1. The van der Waals surface area contributed by atoms with E-state index in [4.69, 9.17) is 0 Å². The lowest BCUT2D eigenvalue weighted by Crippen LogP contribution is -2.29. The first kappa shape index (κ1) is 16.8. The van der Waals surface area contributed by atoms with Gasteiger partial charge in [0.1, 0.15) is 0 Å². The molecule has 0 bridgehead atoms. The Morgan fingerprint density at radius 3 is 2.50 bits per heavy atom. The van der Waals surface area contributed by atoms with Crippen LogP contribution in [-0.4, -0.2) is 4.92 Å². The normalized spacial score (nSPS) is 22.2. The van der Waals surface area contributed by atoms with Gasteiger partial charge < -0.3 is 5.32 Å². The molecule has 1 aliphatic heterocycles. The molecule has 0 fully saturated rings. The second-order valence-electron chi connectivity index (χ2n) is 7.46. The number of rotatable bonds is 3. The molecule has 2 aliphatic rings. The molecule has 0 saturated heterocycles. The molecule has 0 saturated carbocycles. The largest absolute Gasteiger partial charge is 0.377 e. The fourth-order valence-corrected chi connectivity index (χ4v) is 4.63. The summed E-state index contributed by atoms with van der Waals surface area (Å²) in [4.78, 5) is 11.3. The van der Waals surface area contributed by atoms with Crippen molar-refractivity contribution in [2.45, 2.75) is 18.4 Å². The zero-order chi connectivity index (χ0) is 19.1. The molecular weight excluding hydrogens is 348 g/mol. The van der Waals surface area contributed by atoms with Gasteiger partial charge in [0.05, 0.1) is 16.5 Å². The fourth-order valence-electron chi connectivity index (χ4n) is 4.63. The van der Waals surface area contributed by atoms with Crippen LogP contribution in [0.2, 0.25) is 0 Å². The Bertz CT molecular complexity index is 1070. The third-order valence-corrected chi connectivity index (χ3v) is 5.94. The molecule has 4 nitrogen and oxygen atoms in total. The predicted molar refractivity (Wildman–Crippen MR) is 111 cm³/mol. The lowest BCUT2D eigenvalue weighted by atomic mass is 9.76. The van der Waals surface area contributed by atoms with Crippen molar-refractivity contribution in [1.29, 1.82) is 0 Å².